The Bertz CT molecular complexity index is 643. The van der Waals surface area contributed by atoms with Crippen molar-refractivity contribution in [3.63, 3.8) is 0 Å². The van der Waals surface area contributed by atoms with Crippen molar-refractivity contribution in [1.82, 2.24) is 0 Å². The lowest BCUT2D eigenvalue weighted by atomic mass is 10.2. The van der Waals surface area contributed by atoms with Gasteiger partial charge in [0.15, 0.2) is 11.5 Å². The molecular weight excluding hydrogens is 272 g/mol. The van der Waals surface area contributed by atoms with Gasteiger partial charge in [-0.1, -0.05) is 12.1 Å². The molecule has 0 saturated heterocycles. The second-order valence-corrected chi connectivity index (χ2v) is 4.20. The highest BCUT2D eigenvalue weighted by molar-refractivity contribution is 5.70. The van der Waals surface area contributed by atoms with Crippen LogP contribution < -0.4 is 14.8 Å². The van der Waals surface area contributed by atoms with Gasteiger partial charge in [-0.15, -0.1) is 0 Å². The molecule has 2 aromatic rings. The zero-order valence-electron chi connectivity index (χ0n) is 11.8. The molecule has 0 aliphatic carbocycles. The van der Waals surface area contributed by atoms with Crippen LogP contribution in [0.2, 0.25) is 0 Å². The SMILES string of the molecule is CCOc1ccc(Nc2ccccc2[N+](=O)[O-])cc1OC. The summed E-state index contributed by atoms with van der Waals surface area (Å²) in [7, 11) is 1.55. The van der Waals surface area contributed by atoms with E-state index in [0.717, 1.165) is 0 Å². The summed E-state index contributed by atoms with van der Waals surface area (Å²) >= 11 is 0. The molecule has 0 amide bonds. The number of benzene rings is 2. The summed E-state index contributed by atoms with van der Waals surface area (Å²) < 4.78 is 10.7. The molecule has 110 valence electrons. The second kappa shape index (κ2) is 6.60. The second-order valence-electron chi connectivity index (χ2n) is 4.20. The van der Waals surface area contributed by atoms with Crippen molar-refractivity contribution in [2.75, 3.05) is 19.0 Å². The molecule has 0 heterocycles. The highest BCUT2D eigenvalue weighted by atomic mass is 16.6. The summed E-state index contributed by atoms with van der Waals surface area (Å²) in [5.74, 6) is 1.20. The van der Waals surface area contributed by atoms with Crippen LogP contribution in [0.1, 0.15) is 6.92 Å². The Balaban J connectivity index is 2.30. The van der Waals surface area contributed by atoms with Gasteiger partial charge in [-0.3, -0.25) is 10.1 Å². The van der Waals surface area contributed by atoms with Gasteiger partial charge in [-0.25, -0.2) is 0 Å². The molecular formula is C15H16N2O4. The average Bonchev–Trinajstić information content (AvgIpc) is 2.49. The highest BCUT2D eigenvalue weighted by Gasteiger charge is 2.13. The van der Waals surface area contributed by atoms with E-state index < -0.39 is 4.92 Å². The molecule has 6 heteroatoms. The molecule has 1 N–H and O–H groups in total. The van der Waals surface area contributed by atoms with E-state index >= 15 is 0 Å². The van der Waals surface area contributed by atoms with Crippen LogP contribution in [-0.2, 0) is 0 Å². The van der Waals surface area contributed by atoms with Gasteiger partial charge in [0.1, 0.15) is 5.69 Å². The Hall–Kier alpha value is -2.76. The number of para-hydroxylation sites is 2. The maximum Gasteiger partial charge on any atom is 0.292 e. The van der Waals surface area contributed by atoms with Gasteiger partial charge in [-0.05, 0) is 25.1 Å². The van der Waals surface area contributed by atoms with Crippen LogP contribution >= 0.6 is 0 Å². The van der Waals surface area contributed by atoms with Crippen LogP contribution in [0.15, 0.2) is 42.5 Å². The lowest BCUT2D eigenvalue weighted by Gasteiger charge is -2.12. The first-order valence-electron chi connectivity index (χ1n) is 6.47. The van der Waals surface area contributed by atoms with Crippen molar-refractivity contribution in [1.29, 1.82) is 0 Å². The standard InChI is InChI=1S/C15H16N2O4/c1-3-21-14-9-8-11(10-15(14)20-2)16-12-6-4-5-7-13(12)17(18)19/h4-10,16H,3H2,1-2H3. The van der Waals surface area contributed by atoms with E-state index in [2.05, 4.69) is 5.32 Å². The van der Waals surface area contributed by atoms with E-state index in [-0.39, 0.29) is 5.69 Å². The van der Waals surface area contributed by atoms with Crippen molar-refractivity contribution in [3.05, 3.63) is 52.6 Å². The number of hydrogen-bond donors (Lipinski definition) is 1. The predicted molar refractivity (Wildman–Crippen MR) is 80.5 cm³/mol. The van der Waals surface area contributed by atoms with E-state index in [4.69, 9.17) is 9.47 Å². The molecule has 0 atom stereocenters. The van der Waals surface area contributed by atoms with Crippen molar-refractivity contribution in [3.8, 4) is 11.5 Å². The fourth-order valence-corrected chi connectivity index (χ4v) is 1.91. The van der Waals surface area contributed by atoms with Crippen LogP contribution in [0.3, 0.4) is 0 Å². The minimum absolute atomic E-state index is 0.0188. The highest BCUT2D eigenvalue weighted by Crippen LogP contribution is 2.33. The molecule has 0 saturated carbocycles. The number of nitrogens with one attached hydrogen (secondary N) is 1. The van der Waals surface area contributed by atoms with E-state index in [1.165, 1.54) is 6.07 Å². The first-order chi connectivity index (χ1) is 10.2. The summed E-state index contributed by atoms with van der Waals surface area (Å²) in [6.45, 7) is 2.42. The Kier molecular flexibility index (Phi) is 4.61. The van der Waals surface area contributed by atoms with Crippen molar-refractivity contribution in [2.24, 2.45) is 0 Å². The number of rotatable bonds is 6. The third-order valence-electron chi connectivity index (χ3n) is 2.84. The van der Waals surface area contributed by atoms with E-state index in [1.54, 1.807) is 43.5 Å². The number of nitro benzene ring substituents is 1. The first kappa shape index (κ1) is 14.6. The Morgan fingerprint density at radius 1 is 1.19 bits per heavy atom. The average molecular weight is 288 g/mol. The largest absolute Gasteiger partial charge is 0.493 e. The van der Waals surface area contributed by atoms with Gasteiger partial charge in [0.05, 0.1) is 18.6 Å². The van der Waals surface area contributed by atoms with Crippen LogP contribution in [0.5, 0.6) is 11.5 Å². The predicted octanol–water partition coefficient (Wildman–Crippen LogP) is 3.75. The zero-order chi connectivity index (χ0) is 15.2. The zero-order valence-corrected chi connectivity index (χ0v) is 11.8. The first-order valence-corrected chi connectivity index (χ1v) is 6.47. The molecule has 0 aliphatic heterocycles. The molecule has 2 aromatic carbocycles. The molecule has 6 nitrogen and oxygen atoms in total. The number of anilines is 2. The molecule has 0 radical (unpaired) electrons. The summed E-state index contributed by atoms with van der Waals surface area (Å²) in [4.78, 5) is 10.6. The molecule has 0 unspecified atom stereocenters. The van der Waals surface area contributed by atoms with Crippen LogP contribution in [0.25, 0.3) is 0 Å². The third-order valence-corrected chi connectivity index (χ3v) is 2.84. The van der Waals surface area contributed by atoms with Gasteiger partial charge in [0.2, 0.25) is 0 Å². The third kappa shape index (κ3) is 3.42. The molecule has 0 aliphatic rings. The summed E-state index contributed by atoms with van der Waals surface area (Å²) in [5.41, 5.74) is 1.13. The fourth-order valence-electron chi connectivity index (χ4n) is 1.91. The number of nitrogens with zero attached hydrogens (tertiary/aromatic N) is 1. The van der Waals surface area contributed by atoms with Gasteiger partial charge in [0.25, 0.3) is 5.69 Å². The van der Waals surface area contributed by atoms with Crippen molar-refractivity contribution in [2.45, 2.75) is 6.92 Å². The minimum Gasteiger partial charge on any atom is -0.493 e. The number of hydrogen-bond acceptors (Lipinski definition) is 5. The molecule has 0 spiro atoms. The number of nitro groups is 1. The van der Waals surface area contributed by atoms with Crippen molar-refractivity contribution < 1.29 is 14.4 Å². The van der Waals surface area contributed by atoms with Gasteiger partial charge in [0, 0.05) is 17.8 Å². The lowest BCUT2D eigenvalue weighted by molar-refractivity contribution is -0.383. The smallest absolute Gasteiger partial charge is 0.292 e. The maximum atomic E-state index is 11.0. The van der Waals surface area contributed by atoms with Crippen LogP contribution in [0, 0.1) is 10.1 Å². The topological polar surface area (TPSA) is 73.6 Å². The van der Waals surface area contributed by atoms with Crippen LogP contribution in [0.4, 0.5) is 17.1 Å². The summed E-state index contributed by atoms with van der Waals surface area (Å²) in [6.07, 6.45) is 0. The lowest BCUT2D eigenvalue weighted by Crippen LogP contribution is -1.99. The van der Waals surface area contributed by atoms with Gasteiger partial charge < -0.3 is 14.8 Å². The monoisotopic (exact) mass is 288 g/mol. The van der Waals surface area contributed by atoms with Crippen molar-refractivity contribution >= 4 is 17.1 Å². The quantitative estimate of drug-likeness (QED) is 0.647. The minimum atomic E-state index is -0.422. The van der Waals surface area contributed by atoms with E-state index in [0.29, 0.717) is 29.5 Å². The number of methoxy groups -OCH3 is 1. The Labute approximate surface area is 122 Å². The van der Waals surface area contributed by atoms with E-state index in [9.17, 15) is 10.1 Å². The van der Waals surface area contributed by atoms with Crippen LogP contribution in [-0.4, -0.2) is 18.6 Å². The van der Waals surface area contributed by atoms with Gasteiger partial charge in [-0.2, -0.15) is 0 Å². The maximum absolute atomic E-state index is 11.0. The molecule has 2 rings (SSSR count). The summed E-state index contributed by atoms with van der Waals surface area (Å²) in [5, 5.41) is 14.0. The van der Waals surface area contributed by atoms with Gasteiger partial charge >= 0.3 is 0 Å². The molecule has 0 bridgehead atoms. The molecule has 0 fully saturated rings. The van der Waals surface area contributed by atoms with E-state index in [1.807, 2.05) is 6.92 Å². The Morgan fingerprint density at radius 3 is 2.62 bits per heavy atom. The molecule has 21 heavy (non-hydrogen) atoms. The normalized spacial score (nSPS) is 10.0. The fraction of sp³-hybridized carbons (Fsp3) is 0.200. The number of ether oxygens (including phenoxy) is 2. The molecule has 0 aromatic heterocycles. The Morgan fingerprint density at radius 2 is 1.95 bits per heavy atom. The summed E-state index contributed by atoms with van der Waals surface area (Å²) in [6, 6.07) is 11.8.